The lowest BCUT2D eigenvalue weighted by Gasteiger charge is -2.25. The van der Waals surface area contributed by atoms with Gasteiger partial charge in [-0.15, -0.1) is 0 Å². The predicted molar refractivity (Wildman–Crippen MR) is 113 cm³/mol. The van der Waals surface area contributed by atoms with Gasteiger partial charge in [0.2, 0.25) is 11.6 Å². The second-order valence-corrected chi connectivity index (χ2v) is 7.97. The van der Waals surface area contributed by atoms with Crippen molar-refractivity contribution >= 4 is 22.5 Å². The molecule has 29 heavy (non-hydrogen) atoms. The Balaban J connectivity index is 1.84. The molecule has 1 N–H and O–H groups in total. The molecular weight excluding hydrogens is 392 g/mol. The maximum absolute atomic E-state index is 9.98. The quantitative estimate of drug-likeness (QED) is 0.651. The maximum Gasteiger partial charge on any atom is 0.211 e. The molecule has 0 atom stereocenters. The summed E-state index contributed by atoms with van der Waals surface area (Å²) in [4.78, 5) is 6.44. The molecule has 4 rings (SSSR count). The fraction of sp³-hybridized carbons (Fsp3) is 0.381. The Kier molecular flexibility index (Phi) is 5.73. The Hall–Kier alpha value is -2.58. The van der Waals surface area contributed by atoms with E-state index in [1.807, 2.05) is 23.9 Å². The minimum Gasteiger partial charge on any atom is -0.493 e. The summed E-state index contributed by atoms with van der Waals surface area (Å²) >= 11 is 1.97. The van der Waals surface area contributed by atoms with Gasteiger partial charge in [-0.25, -0.2) is 4.98 Å². The van der Waals surface area contributed by atoms with Crippen LogP contribution in [0.5, 0.6) is 23.1 Å². The summed E-state index contributed by atoms with van der Waals surface area (Å²) in [5.41, 5.74) is 0.774. The van der Waals surface area contributed by atoms with Crippen molar-refractivity contribution in [1.82, 2.24) is 9.88 Å². The lowest BCUT2D eigenvalue weighted by atomic mass is 10.1. The van der Waals surface area contributed by atoms with Crippen LogP contribution in [0.15, 0.2) is 28.8 Å². The minimum absolute atomic E-state index is 0.0482. The Morgan fingerprint density at radius 3 is 2.34 bits per heavy atom. The van der Waals surface area contributed by atoms with Crippen LogP contribution >= 0.6 is 11.8 Å². The van der Waals surface area contributed by atoms with Crippen molar-refractivity contribution in [3.05, 3.63) is 30.2 Å². The molecular formula is C21H24N2O5S. The van der Waals surface area contributed by atoms with Gasteiger partial charge in [-0.05, 0) is 12.1 Å². The van der Waals surface area contributed by atoms with Gasteiger partial charge in [0.25, 0.3) is 0 Å². The zero-order chi connectivity index (χ0) is 20.4. The van der Waals surface area contributed by atoms with Gasteiger partial charge in [0.15, 0.2) is 11.5 Å². The molecule has 1 aliphatic heterocycles. The number of methoxy groups -OCH3 is 3. The predicted octanol–water partition coefficient (Wildman–Crippen LogP) is 3.78. The number of aromatic nitrogens is 1. The van der Waals surface area contributed by atoms with Crippen LogP contribution in [0.1, 0.15) is 5.76 Å². The molecule has 0 bridgehead atoms. The van der Waals surface area contributed by atoms with Gasteiger partial charge in [-0.2, -0.15) is 11.8 Å². The van der Waals surface area contributed by atoms with Gasteiger partial charge >= 0.3 is 0 Å². The van der Waals surface area contributed by atoms with E-state index in [2.05, 4.69) is 9.88 Å². The van der Waals surface area contributed by atoms with Crippen LogP contribution in [-0.4, -0.2) is 60.9 Å². The number of hydrogen-bond donors (Lipinski definition) is 1. The lowest BCUT2D eigenvalue weighted by molar-refractivity contribution is 0.271. The first-order valence-electron chi connectivity index (χ1n) is 9.35. The van der Waals surface area contributed by atoms with Crippen LogP contribution in [0.2, 0.25) is 0 Å². The Morgan fingerprint density at radius 1 is 1.03 bits per heavy atom. The molecule has 0 aliphatic carbocycles. The first-order valence-corrected chi connectivity index (χ1v) is 10.5. The first-order chi connectivity index (χ1) is 14.1. The van der Waals surface area contributed by atoms with E-state index in [0.717, 1.165) is 46.7 Å². The number of ether oxygens (including phenoxy) is 3. The molecule has 154 valence electrons. The molecule has 0 spiro atoms. The summed E-state index contributed by atoms with van der Waals surface area (Å²) in [5, 5.41) is 11.7. The number of benzene rings is 1. The maximum atomic E-state index is 9.98. The van der Waals surface area contributed by atoms with Crippen LogP contribution in [-0.2, 0) is 6.54 Å². The van der Waals surface area contributed by atoms with Crippen LogP contribution in [0, 0.1) is 0 Å². The SMILES string of the molecule is COc1cc(-c2oc(CN3CCSCC3)c3cnc(O)cc23)cc(OC)c1OC. The molecule has 0 unspecified atom stereocenters. The number of furan rings is 1. The molecule has 1 saturated heterocycles. The number of fused-ring (bicyclic) bond motifs is 1. The minimum atomic E-state index is -0.0482. The Labute approximate surface area is 173 Å². The van der Waals surface area contributed by atoms with Crippen molar-refractivity contribution in [2.45, 2.75) is 6.54 Å². The molecule has 0 amide bonds. The fourth-order valence-electron chi connectivity index (χ4n) is 3.59. The van der Waals surface area contributed by atoms with Crippen molar-refractivity contribution in [3.8, 4) is 34.5 Å². The van der Waals surface area contributed by atoms with Crippen LogP contribution < -0.4 is 14.2 Å². The summed E-state index contributed by atoms with van der Waals surface area (Å²) in [6, 6.07) is 5.32. The molecule has 3 heterocycles. The van der Waals surface area contributed by atoms with Gasteiger partial charge in [0, 0.05) is 53.2 Å². The number of aromatic hydroxyl groups is 1. The smallest absolute Gasteiger partial charge is 0.211 e. The van der Waals surface area contributed by atoms with Gasteiger partial charge in [-0.1, -0.05) is 0 Å². The average molecular weight is 416 g/mol. The van der Waals surface area contributed by atoms with Crippen molar-refractivity contribution in [3.63, 3.8) is 0 Å². The number of rotatable bonds is 6. The third-order valence-corrected chi connectivity index (χ3v) is 6.00. The van der Waals surface area contributed by atoms with Crippen LogP contribution in [0.4, 0.5) is 0 Å². The molecule has 7 nitrogen and oxygen atoms in total. The lowest BCUT2D eigenvalue weighted by Crippen LogP contribution is -2.31. The van der Waals surface area contributed by atoms with Crippen molar-refractivity contribution in [1.29, 1.82) is 0 Å². The highest BCUT2D eigenvalue weighted by molar-refractivity contribution is 7.99. The summed E-state index contributed by atoms with van der Waals surface area (Å²) in [6.45, 7) is 2.75. The van der Waals surface area contributed by atoms with Crippen LogP contribution in [0.3, 0.4) is 0 Å². The Bertz CT molecular complexity index is 989. The van der Waals surface area contributed by atoms with E-state index in [9.17, 15) is 5.11 Å². The monoisotopic (exact) mass is 416 g/mol. The number of pyridine rings is 1. The highest BCUT2D eigenvalue weighted by Gasteiger charge is 2.22. The van der Waals surface area contributed by atoms with E-state index < -0.39 is 0 Å². The summed E-state index contributed by atoms with van der Waals surface area (Å²) in [5.74, 6) is 5.27. The van der Waals surface area contributed by atoms with Gasteiger partial charge in [-0.3, -0.25) is 4.90 Å². The third-order valence-electron chi connectivity index (χ3n) is 5.06. The molecule has 3 aromatic rings. The van der Waals surface area contributed by atoms with Gasteiger partial charge in [0.1, 0.15) is 11.5 Å². The topological polar surface area (TPSA) is 77.2 Å². The van der Waals surface area contributed by atoms with Gasteiger partial charge in [0.05, 0.1) is 27.9 Å². The van der Waals surface area contributed by atoms with E-state index in [1.54, 1.807) is 33.6 Å². The average Bonchev–Trinajstić information content (AvgIpc) is 3.10. The molecule has 2 aromatic heterocycles. The van der Waals surface area contributed by atoms with Gasteiger partial charge < -0.3 is 23.7 Å². The number of nitrogens with zero attached hydrogens (tertiary/aromatic N) is 2. The highest BCUT2D eigenvalue weighted by atomic mass is 32.2. The number of hydrogen-bond acceptors (Lipinski definition) is 8. The molecule has 0 radical (unpaired) electrons. The van der Waals surface area contributed by atoms with E-state index in [1.165, 1.54) is 0 Å². The molecule has 1 aromatic carbocycles. The standard InChI is InChI=1S/C21H24N2O5S/c1-25-16-8-13(9-17(26-2)21(16)27-3)20-14-10-19(24)22-11-15(14)18(28-20)12-23-4-6-29-7-5-23/h8-11,24H,4-7,12H2,1-3H3. The van der Waals surface area contributed by atoms with Crippen molar-refractivity contribution in [2.24, 2.45) is 0 Å². The molecule has 0 saturated carbocycles. The molecule has 8 heteroatoms. The van der Waals surface area contributed by atoms with E-state index in [4.69, 9.17) is 18.6 Å². The normalized spacial score (nSPS) is 14.9. The molecule has 1 aliphatic rings. The van der Waals surface area contributed by atoms with Crippen LogP contribution in [0.25, 0.3) is 22.1 Å². The van der Waals surface area contributed by atoms with Crippen molar-refractivity contribution < 1.29 is 23.7 Å². The highest BCUT2D eigenvalue weighted by Crippen LogP contribution is 2.44. The first kappa shape index (κ1) is 19.7. The zero-order valence-electron chi connectivity index (χ0n) is 16.7. The third kappa shape index (κ3) is 3.82. The number of thioether (sulfide) groups is 1. The van der Waals surface area contributed by atoms with Crippen molar-refractivity contribution in [2.75, 3.05) is 45.9 Å². The Morgan fingerprint density at radius 2 is 1.72 bits per heavy atom. The zero-order valence-corrected chi connectivity index (χ0v) is 17.5. The fourth-order valence-corrected chi connectivity index (χ4v) is 4.57. The summed E-state index contributed by atoms with van der Waals surface area (Å²) < 4.78 is 22.7. The van der Waals surface area contributed by atoms with E-state index in [-0.39, 0.29) is 5.88 Å². The second kappa shape index (κ2) is 8.42. The largest absolute Gasteiger partial charge is 0.493 e. The second-order valence-electron chi connectivity index (χ2n) is 6.74. The van der Waals surface area contributed by atoms with E-state index >= 15 is 0 Å². The summed E-state index contributed by atoms with van der Waals surface area (Å²) in [7, 11) is 4.73. The summed E-state index contributed by atoms with van der Waals surface area (Å²) in [6.07, 6.45) is 1.67. The molecule has 1 fully saturated rings. The van der Waals surface area contributed by atoms with E-state index in [0.29, 0.717) is 29.6 Å².